The summed E-state index contributed by atoms with van der Waals surface area (Å²) in [5.41, 5.74) is 0.429. The molecular weight excluding hydrogens is 323 g/mol. The number of amides is 2. The van der Waals surface area contributed by atoms with E-state index in [0.717, 1.165) is 12.8 Å². The van der Waals surface area contributed by atoms with Crippen LogP contribution in [0.4, 0.5) is 0 Å². The Labute approximate surface area is 140 Å². The number of nitrogens with one attached hydrogen (secondary N) is 1. The third-order valence-corrected chi connectivity index (χ3v) is 4.38. The lowest BCUT2D eigenvalue weighted by atomic mass is 10.0. The molecule has 1 aromatic rings. The third-order valence-electron chi connectivity index (χ3n) is 3.81. The normalized spacial score (nSPS) is 16.0. The second kappa shape index (κ2) is 7.34. The Bertz CT molecular complexity index is 567. The Morgan fingerprint density at radius 1 is 1.23 bits per heavy atom. The van der Waals surface area contributed by atoms with Gasteiger partial charge in [-0.3, -0.25) is 9.59 Å². The molecule has 0 atom stereocenters. The fraction of sp³-hybridized carbons (Fsp3) is 0.500. The van der Waals surface area contributed by atoms with E-state index in [0.29, 0.717) is 28.7 Å². The van der Waals surface area contributed by atoms with Crippen molar-refractivity contribution >= 4 is 35.0 Å². The van der Waals surface area contributed by atoms with Crippen LogP contribution in [0.1, 0.15) is 37.0 Å². The van der Waals surface area contributed by atoms with Gasteiger partial charge in [0, 0.05) is 30.1 Å². The lowest BCUT2D eigenvalue weighted by Crippen LogP contribution is -2.47. The first-order chi connectivity index (χ1) is 10.4. The minimum absolute atomic E-state index is 0.0232. The monoisotopic (exact) mass is 342 g/mol. The average molecular weight is 343 g/mol. The van der Waals surface area contributed by atoms with Crippen LogP contribution >= 0.6 is 23.2 Å². The molecule has 1 aliphatic rings. The molecule has 0 radical (unpaired) electrons. The van der Waals surface area contributed by atoms with Crippen LogP contribution in [0.3, 0.4) is 0 Å². The minimum Gasteiger partial charge on any atom is -0.353 e. The number of rotatable bonds is 3. The molecule has 2 amide bonds. The highest BCUT2D eigenvalue weighted by Gasteiger charge is 2.26. The summed E-state index contributed by atoms with van der Waals surface area (Å²) in [4.78, 5) is 26.0. The fourth-order valence-electron chi connectivity index (χ4n) is 2.43. The molecule has 1 N–H and O–H groups in total. The molecular formula is C16H20Cl2N2O2. The molecule has 1 fully saturated rings. The summed E-state index contributed by atoms with van der Waals surface area (Å²) in [6.07, 6.45) is 1.50. The van der Waals surface area contributed by atoms with Crippen LogP contribution < -0.4 is 5.32 Å². The second-order valence-electron chi connectivity index (χ2n) is 5.85. The van der Waals surface area contributed by atoms with E-state index < -0.39 is 0 Å². The number of carbonyl (C=O) groups excluding carboxylic acids is 2. The summed E-state index contributed by atoms with van der Waals surface area (Å²) in [6, 6.07) is 5.02. The number of hydrogen-bond donors (Lipinski definition) is 1. The first kappa shape index (κ1) is 17.1. The van der Waals surface area contributed by atoms with Crippen molar-refractivity contribution < 1.29 is 9.59 Å². The van der Waals surface area contributed by atoms with Crippen LogP contribution in [0.2, 0.25) is 10.0 Å². The highest BCUT2D eigenvalue weighted by atomic mass is 35.5. The smallest absolute Gasteiger partial charge is 0.255 e. The standard InChI is InChI=1S/C16H20Cl2N2O2/c1-10(2)15(21)19-12-5-7-20(8-6-12)16(22)13-9-11(17)3-4-14(13)18/h3-4,9-10,12H,5-8H2,1-2H3,(H,19,21). The average Bonchev–Trinajstić information content (AvgIpc) is 2.49. The molecule has 0 bridgehead atoms. The van der Waals surface area contributed by atoms with Gasteiger partial charge in [-0.1, -0.05) is 37.0 Å². The summed E-state index contributed by atoms with van der Waals surface area (Å²) >= 11 is 12.0. The van der Waals surface area contributed by atoms with Crippen molar-refractivity contribution in [2.75, 3.05) is 13.1 Å². The SMILES string of the molecule is CC(C)C(=O)NC1CCN(C(=O)c2cc(Cl)ccc2Cl)CC1. The van der Waals surface area contributed by atoms with Gasteiger partial charge in [0.1, 0.15) is 0 Å². The molecule has 1 saturated heterocycles. The fourth-order valence-corrected chi connectivity index (χ4v) is 2.80. The molecule has 0 saturated carbocycles. The first-order valence-electron chi connectivity index (χ1n) is 7.43. The maximum absolute atomic E-state index is 12.5. The molecule has 120 valence electrons. The summed E-state index contributed by atoms with van der Waals surface area (Å²) in [5.74, 6) is -0.0753. The van der Waals surface area contributed by atoms with Gasteiger partial charge in [-0.05, 0) is 31.0 Å². The van der Waals surface area contributed by atoms with Gasteiger partial charge in [0.15, 0.2) is 0 Å². The van der Waals surface area contributed by atoms with E-state index in [4.69, 9.17) is 23.2 Å². The molecule has 2 rings (SSSR count). The lowest BCUT2D eigenvalue weighted by molar-refractivity contribution is -0.124. The first-order valence-corrected chi connectivity index (χ1v) is 8.18. The quantitative estimate of drug-likeness (QED) is 0.915. The Balaban J connectivity index is 1.95. The highest BCUT2D eigenvalue weighted by molar-refractivity contribution is 6.35. The summed E-state index contributed by atoms with van der Waals surface area (Å²) in [5, 5.41) is 3.91. The molecule has 0 aliphatic carbocycles. The Hall–Kier alpha value is -1.26. The van der Waals surface area contributed by atoms with Crippen LogP contribution in [-0.2, 0) is 4.79 Å². The van der Waals surface area contributed by atoms with E-state index in [1.54, 1.807) is 23.1 Å². The van der Waals surface area contributed by atoms with Crippen LogP contribution in [0.5, 0.6) is 0 Å². The van der Waals surface area contributed by atoms with E-state index >= 15 is 0 Å². The molecule has 4 nitrogen and oxygen atoms in total. The van der Waals surface area contributed by atoms with Gasteiger partial charge in [0.2, 0.25) is 5.91 Å². The van der Waals surface area contributed by atoms with Crippen LogP contribution in [-0.4, -0.2) is 35.8 Å². The van der Waals surface area contributed by atoms with Crippen LogP contribution in [0.15, 0.2) is 18.2 Å². The summed E-state index contributed by atoms with van der Waals surface area (Å²) in [6.45, 7) is 4.94. The number of halogens is 2. The van der Waals surface area contributed by atoms with Gasteiger partial charge in [0.05, 0.1) is 10.6 Å². The number of hydrogen-bond acceptors (Lipinski definition) is 2. The van der Waals surface area contributed by atoms with Crippen molar-refractivity contribution in [3.05, 3.63) is 33.8 Å². The number of benzene rings is 1. The highest BCUT2D eigenvalue weighted by Crippen LogP contribution is 2.23. The molecule has 0 unspecified atom stereocenters. The molecule has 22 heavy (non-hydrogen) atoms. The predicted octanol–water partition coefficient (Wildman–Crippen LogP) is 3.37. The van der Waals surface area contributed by atoms with Gasteiger partial charge in [-0.15, -0.1) is 0 Å². The summed E-state index contributed by atoms with van der Waals surface area (Å²) < 4.78 is 0. The van der Waals surface area contributed by atoms with Gasteiger partial charge >= 0.3 is 0 Å². The van der Waals surface area contributed by atoms with Gasteiger partial charge < -0.3 is 10.2 Å². The van der Waals surface area contributed by atoms with Gasteiger partial charge in [-0.2, -0.15) is 0 Å². The third kappa shape index (κ3) is 4.14. The van der Waals surface area contributed by atoms with Crippen molar-refractivity contribution in [3.63, 3.8) is 0 Å². The van der Waals surface area contributed by atoms with E-state index in [1.165, 1.54) is 0 Å². The van der Waals surface area contributed by atoms with Crippen molar-refractivity contribution in [3.8, 4) is 0 Å². The maximum atomic E-state index is 12.5. The Morgan fingerprint density at radius 3 is 2.45 bits per heavy atom. The molecule has 0 spiro atoms. The lowest BCUT2D eigenvalue weighted by Gasteiger charge is -2.33. The predicted molar refractivity (Wildman–Crippen MR) is 88.4 cm³/mol. The molecule has 1 aliphatic heterocycles. The van der Waals surface area contributed by atoms with E-state index in [-0.39, 0.29) is 23.8 Å². The van der Waals surface area contributed by atoms with Crippen LogP contribution in [0, 0.1) is 5.92 Å². The molecule has 0 aromatic heterocycles. The second-order valence-corrected chi connectivity index (χ2v) is 6.70. The largest absolute Gasteiger partial charge is 0.353 e. The van der Waals surface area contributed by atoms with E-state index in [2.05, 4.69) is 5.32 Å². The molecule has 1 heterocycles. The zero-order valence-electron chi connectivity index (χ0n) is 12.7. The number of piperidine rings is 1. The number of nitrogens with zero attached hydrogens (tertiary/aromatic N) is 1. The number of likely N-dealkylation sites (tertiary alicyclic amines) is 1. The summed E-state index contributed by atoms with van der Waals surface area (Å²) in [7, 11) is 0. The maximum Gasteiger partial charge on any atom is 0.255 e. The minimum atomic E-state index is -0.110. The number of carbonyl (C=O) groups is 2. The zero-order chi connectivity index (χ0) is 16.3. The molecule has 6 heteroatoms. The van der Waals surface area contributed by atoms with E-state index in [1.807, 2.05) is 13.8 Å². The topological polar surface area (TPSA) is 49.4 Å². The van der Waals surface area contributed by atoms with Gasteiger partial charge in [0.25, 0.3) is 5.91 Å². The van der Waals surface area contributed by atoms with E-state index in [9.17, 15) is 9.59 Å². The zero-order valence-corrected chi connectivity index (χ0v) is 14.2. The Morgan fingerprint density at radius 2 is 1.86 bits per heavy atom. The van der Waals surface area contributed by atoms with Crippen molar-refractivity contribution in [2.24, 2.45) is 5.92 Å². The van der Waals surface area contributed by atoms with Crippen molar-refractivity contribution in [1.29, 1.82) is 0 Å². The van der Waals surface area contributed by atoms with Crippen molar-refractivity contribution in [1.82, 2.24) is 10.2 Å². The Kier molecular flexibility index (Phi) is 5.70. The van der Waals surface area contributed by atoms with Gasteiger partial charge in [-0.25, -0.2) is 0 Å². The van der Waals surface area contributed by atoms with Crippen LogP contribution in [0.25, 0.3) is 0 Å². The van der Waals surface area contributed by atoms with Crippen molar-refractivity contribution in [2.45, 2.75) is 32.7 Å². The molecule has 1 aromatic carbocycles.